The third-order valence-electron chi connectivity index (χ3n) is 3.77. The lowest BCUT2D eigenvalue weighted by Crippen LogP contribution is -2.18. The second-order valence-electron chi connectivity index (χ2n) is 5.53. The Hall–Kier alpha value is -3.81. The van der Waals surface area contributed by atoms with Crippen LogP contribution in [0.4, 0.5) is 0 Å². The maximum absolute atomic E-state index is 12.2. The molecular weight excluding hydrogens is 348 g/mol. The number of hydrogen-bond acceptors (Lipinski definition) is 6. The number of H-pyrrole nitrogens is 1. The normalized spacial score (nSPS) is 10.7. The summed E-state index contributed by atoms with van der Waals surface area (Å²) in [6.45, 7) is 0. The van der Waals surface area contributed by atoms with Crippen LogP contribution in [0.25, 0.3) is 11.3 Å². The summed E-state index contributed by atoms with van der Waals surface area (Å²) >= 11 is 0. The fourth-order valence-electron chi connectivity index (χ4n) is 2.37. The van der Waals surface area contributed by atoms with Gasteiger partial charge in [-0.25, -0.2) is 5.43 Å². The van der Waals surface area contributed by atoms with E-state index in [4.69, 9.17) is 9.47 Å². The fourth-order valence-corrected chi connectivity index (χ4v) is 2.37. The van der Waals surface area contributed by atoms with Crippen molar-refractivity contribution in [2.75, 3.05) is 14.2 Å². The Balaban J connectivity index is 1.67. The van der Waals surface area contributed by atoms with Crippen molar-refractivity contribution in [1.82, 2.24) is 15.6 Å². The second kappa shape index (κ2) is 8.05. The second-order valence-corrected chi connectivity index (χ2v) is 5.53. The van der Waals surface area contributed by atoms with Crippen LogP contribution in [-0.2, 0) is 0 Å². The smallest absolute Gasteiger partial charge is 0.289 e. The quantitative estimate of drug-likeness (QED) is 0.459. The number of carbonyl (C=O) groups excluding carboxylic acids is 1. The van der Waals surface area contributed by atoms with E-state index in [2.05, 4.69) is 20.7 Å². The van der Waals surface area contributed by atoms with Gasteiger partial charge in [0.2, 0.25) is 0 Å². The van der Waals surface area contributed by atoms with Gasteiger partial charge in [-0.05, 0) is 42.0 Å². The minimum atomic E-state index is -0.432. The predicted octanol–water partition coefficient (Wildman–Crippen LogP) is 2.56. The summed E-state index contributed by atoms with van der Waals surface area (Å²) < 4.78 is 10.2. The maximum atomic E-state index is 12.2. The van der Waals surface area contributed by atoms with Gasteiger partial charge in [-0.15, -0.1) is 0 Å². The lowest BCUT2D eigenvalue weighted by molar-refractivity contribution is 0.0950. The average Bonchev–Trinajstić information content (AvgIpc) is 3.19. The molecule has 1 amide bonds. The van der Waals surface area contributed by atoms with Gasteiger partial charge in [-0.2, -0.15) is 10.2 Å². The van der Waals surface area contributed by atoms with Gasteiger partial charge in [0.05, 0.1) is 26.1 Å². The van der Waals surface area contributed by atoms with Gasteiger partial charge in [-0.1, -0.05) is 12.1 Å². The van der Waals surface area contributed by atoms with Crippen molar-refractivity contribution in [3.8, 4) is 28.5 Å². The van der Waals surface area contributed by atoms with Crippen LogP contribution in [0.2, 0.25) is 0 Å². The van der Waals surface area contributed by atoms with Crippen LogP contribution in [0.15, 0.2) is 53.6 Å². The Morgan fingerprint density at radius 3 is 2.81 bits per heavy atom. The van der Waals surface area contributed by atoms with Crippen molar-refractivity contribution >= 4 is 12.1 Å². The highest BCUT2D eigenvalue weighted by Gasteiger charge is 2.11. The molecule has 0 aliphatic rings. The van der Waals surface area contributed by atoms with Crippen molar-refractivity contribution in [2.45, 2.75) is 0 Å². The zero-order valence-corrected chi connectivity index (χ0v) is 14.8. The highest BCUT2D eigenvalue weighted by Crippen LogP contribution is 2.25. The molecule has 3 N–H and O–H groups in total. The molecule has 3 rings (SSSR count). The Morgan fingerprint density at radius 1 is 1.19 bits per heavy atom. The number of amides is 1. The number of aromatic hydroxyl groups is 1. The van der Waals surface area contributed by atoms with Crippen LogP contribution < -0.4 is 14.9 Å². The molecule has 0 saturated carbocycles. The highest BCUT2D eigenvalue weighted by atomic mass is 16.5. The van der Waals surface area contributed by atoms with E-state index >= 15 is 0 Å². The minimum absolute atomic E-state index is 0.0289. The molecule has 0 spiro atoms. The third kappa shape index (κ3) is 4.24. The summed E-state index contributed by atoms with van der Waals surface area (Å²) in [5.74, 6) is 0.622. The van der Waals surface area contributed by atoms with Crippen LogP contribution in [0.3, 0.4) is 0 Å². The molecule has 0 unspecified atom stereocenters. The number of hydrazone groups is 1. The zero-order valence-electron chi connectivity index (χ0n) is 14.8. The molecule has 0 aliphatic carbocycles. The molecule has 27 heavy (non-hydrogen) atoms. The number of nitrogens with zero attached hydrogens (tertiary/aromatic N) is 2. The Kier molecular flexibility index (Phi) is 5.36. The van der Waals surface area contributed by atoms with Gasteiger partial charge in [0.1, 0.15) is 11.4 Å². The molecule has 0 saturated heterocycles. The van der Waals surface area contributed by atoms with Gasteiger partial charge >= 0.3 is 0 Å². The molecular formula is C19H18N4O4. The van der Waals surface area contributed by atoms with Crippen LogP contribution in [0.5, 0.6) is 17.2 Å². The molecule has 3 aromatic rings. The number of benzene rings is 2. The van der Waals surface area contributed by atoms with E-state index in [-0.39, 0.29) is 11.4 Å². The number of rotatable bonds is 6. The van der Waals surface area contributed by atoms with E-state index in [1.807, 2.05) is 24.3 Å². The number of ether oxygens (including phenoxy) is 2. The summed E-state index contributed by atoms with van der Waals surface area (Å²) in [5, 5.41) is 20.3. The standard InChI is InChI=1S/C19H18N4O4/c1-26-14-5-3-4-13(9-14)15-10-16(22-21-15)19(25)23-20-11-12-6-7-17(24)18(8-12)27-2/h3-11,24H,1-2H3,(H,21,22)(H,23,25)/b20-11+. The largest absolute Gasteiger partial charge is 0.504 e. The van der Waals surface area contributed by atoms with Gasteiger partial charge in [0.15, 0.2) is 11.5 Å². The van der Waals surface area contributed by atoms with Crippen LogP contribution in [-0.4, -0.2) is 41.6 Å². The first-order valence-corrected chi connectivity index (χ1v) is 8.01. The molecule has 1 heterocycles. The van der Waals surface area contributed by atoms with E-state index in [9.17, 15) is 9.90 Å². The number of methoxy groups -OCH3 is 2. The summed E-state index contributed by atoms with van der Waals surface area (Å²) in [6, 6.07) is 13.7. The summed E-state index contributed by atoms with van der Waals surface area (Å²) in [4.78, 5) is 12.2. The molecule has 0 bridgehead atoms. The van der Waals surface area contributed by atoms with E-state index < -0.39 is 5.91 Å². The van der Waals surface area contributed by atoms with Gasteiger partial charge in [-0.3, -0.25) is 9.89 Å². The first-order chi connectivity index (χ1) is 13.1. The molecule has 8 heteroatoms. The minimum Gasteiger partial charge on any atom is -0.504 e. The zero-order chi connectivity index (χ0) is 19.2. The van der Waals surface area contributed by atoms with Gasteiger partial charge < -0.3 is 14.6 Å². The van der Waals surface area contributed by atoms with E-state index in [1.54, 1.807) is 25.3 Å². The van der Waals surface area contributed by atoms with E-state index in [1.165, 1.54) is 19.4 Å². The fraction of sp³-hybridized carbons (Fsp3) is 0.105. The molecule has 0 aliphatic heterocycles. The highest BCUT2D eigenvalue weighted by molar-refractivity contribution is 5.94. The van der Waals surface area contributed by atoms with Gasteiger partial charge in [0.25, 0.3) is 5.91 Å². The maximum Gasteiger partial charge on any atom is 0.289 e. The van der Waals surface area contributed by atoms with Crippen molar-refractivity contribution in [1.29, 1.82) is 0 Å². The number of phenols is 1. The summed E-state index contributed by atoms with van der Waals surface area (Å²) in [6.07, 6.45) is 1.44. The number of hydrogen-bond donors (Lipinski definition) is 3. The predicted molar refractivity (Wildman–Crippen MR) is 100 cm³/mol. The first kappa shape index (κ1) is 18.0. The molecule has 0 radical (unpaired) electrons. The number of phenolic OH excluding ortho intramolecular Hbond substituents is 1. The summed E-state index contributed by atoms with van der Waals surface area (Å²) in [7, 11) is 3.04. The number of carbonyl (C=O) groups is 1. The van der Waals surface area contributed by atoms with Crippen molar-refractivity contribution in [3.05, 3.63) is 59.8 Å². The Bertz CT molecular complexity index is 981. The molecule has 0 atom stereocenters. The lowest BCUT2D eigenvalue weighted by Gasteiger charge is -2.03. The van der Waals surface area contributed by atoms with Crippen LogP contribution >= 0.6 is 0 Å². The average molecular weight is 366 g/mol. The number of aromatic nitrogens is 2. The number of aromatic amines is 1. The van der Waals surface area contributed by atoms with Crippen LogP contribution in [0, 0.1) is 0 Å². The van der Waals surface area contributed by atoms with Gasteiger partial charge in [0, 0.05) is 5.56 Å². The van der Waals surface area contributed by atoms with Crippen molar-refractivity contribution < 1.29 is 19.4 Å². The monoisotopic (exact) mass is 366 g/mol. The first-order valence-electron chi connectivity index (χ1n) is 8.01. The molecule has 0 fully saturated rings. The number of nitrogens with one attached hydrogen (secondary N) is 2. The van der Waals surface area contributed by atoms with E-state index in [0.717, 1.165) is 5.56 Å². The molecule has 138 valence electrons. The van der Waals surface area contributed by atoms with Crippen LogP contribution in [0.1, 0.15) is 16.1 Å². The Labute approximate surface area is 155 Å². The topological polar surface area (TPSA) is 109 Å². The third-order valence-corrected chi connectivity index (χ3v) is 3.77. The lowest BCUT2D eigenvalue weighted by atomic mass is 10.1. The molecule has 8 nitrogen and oxygen atoms in total. The van der Waals surface area contributed by atoms with E-state index in [0.29, 0.717) is 22.8 Å². The molecule has 1 aromatic heterocycles. The van der Waals surface area contributed by atoms with Crippen molar-refractivity contribution in [2.24, 2.45) is 5.10 Å². The Morgan fingerprint density at radius 2 is 2.04 bits per heavy atom. The SMILES string of the molecule is COc1cccc(-c2cc(C(=O)N/N=C/c3ccc(O)c(OC)c3)[nH]n2)c1. The summed E-state index contributed by atoms with van der Waals surface area (Å²) in [5.41, 5.74) is 4.79. The molecule has 2 aromatic carbocycles. The van der Waals surface area contributed by atoms with Crippen molar-refractivity contribution in [3.63, 3.8) is 0 Å².